The zero-order valence-corrected chi connectivity index (χ0v) is 19.6. The zero-order valence-electron chi connectivity index (χ0n) is 18.8. The number of halogens is 1. The molecule has 0 radical (unpaired) electrons. The maximum absolute atomic E-state index is 12.9. The van der Waals surface area contributed by atoms with Gasteiger partial charge in [0, 0.05) is 23.0 Å². The molecule has 0 fully saturated rings. The molecule has 1 aromatic heterocycles. The van der Waals surface area contributed by atoms with Gasteiger partial charge in [0.05, 0.1) is 18.1 Å². The number of aromatic nitrogens is 1. The summed E-state index contributed by atoms with van der Waals surface area (Å²) in [5, 5.41) is 10.7. The molecule has 0 bridgehead atoms. The van der Waals surface area contributed by atoms with Gasteiger partial charge in [0.2, 0.25) is 5.88 Å². The fraction of sp³-hybridized carbons (Fsp3) is 0.185. The molecule has 3 aromatic rings. The van der Waals surface area contributed by atoms with Crippen LogP contribution in [-0.2, 0) is 20.9 Å². The van der Waals surface area contributed by atoms with Crippen LogP contribution in [0.1, 0.15) is 30.9 Å². The summed E-state index contributed by atoms with van der Waals surface area (Å²) in [6.45, 7) is 3.99. The monoisotopic (exact) mass is 474 g/mol. The molecular weight excluding hydrogens is 452 g/mol. The molecule has 1 atom stereocenters. The quantitative estimate of drug-likeness (QED) is 0.389. The van der Waals surface area contributed by atoms with E-state index in [-0.39, 0.29) is 6.61 Å². The Morgan fingerprint density at radius 2 is 1.82 bits per heavy atom. The minimum Gasteiger partial charge on any atom is -0.489 e. The van der Waals surface area contributed by atoms with Gasteiger partial charge in [-0.05, 0) is 49.7 Å². The molecular formula is C27H23ClN2O4. The van der Waals surface area contributed by atoms with Crippen molar-refractivity contribution in [2.75, 3.05) is 6.61 Å². The standard InChI is InChI=1S/C27H23ClN2O4/c1-3-32-27(31)24-18(2)34-26(30-14-6-7-15-30)22(16-29)25(24)19-10-12-21(13-11-19)33-17-20-8-4-5-9-23(20)28/h4-15,25H,3,17H2,1-2H3/t25-/m0/s1. The number of carbonyl (C=O) groups excluding carboxylic acids is 1. The second kappa shape index (κ2) is 10.3. The van der Waals surface area contributed by atoms with E-state index in [2.05, 4.69) is 6.07 Å². The fourth-order valence-corrected chi connectivity index (χ4v) is 4.03. The third kappa shape index (κ3) is 4.70. The Labute approximate surface area is 203 Å². The van der Waals surface area contributed by atoms with Gasteiger partial charge in [-0.3, -0.25) is 4.57 Å². The Morgan fingerprint density at radius 3 is 2.47 bits per heavy atom. The van der Waals surface area contributed by atoms with Crippen LogP contribution in [0.3, 0.4) is 0 Å². The Hall–Kier alpha value is -3.95. The van der Waals surface area contributed by atoms with Crippen LogP contribution >= 0.6 is 11.6 Å². The van der Waals surface area contributed by atoms with Gasteiger partial charge in [-0.2, -0.15) is 5.26 Å². The fourth-order valence-electron chi connectivity index (χ4n) is 3.84. The molecule has 1 aliphatic heterocycles. The Kier molecular flexibility index (Phi) is 7.05. The third-order valence-corrected chi connectivity index (χ3v) is 5.83. The maximum Gasteiger partial charge on any atom is 0.338 e. The van der Waals surface area contributed by atoms with E-state index in [4.69, 9.17) is 25.8 Å². The maximum atomic E-state index is 12.9. The van der Waals surface area contributed by atoms with Gasteiger partial charge in [-0.15, -0.1) is 0 Å². The van der Waals surface area contributed by atoms with E-state index in [1.165, 1.54) is 0 Å². The van der Waals surface area contributed by atoms with Gasteiger partial charge in [0.25, 0.3) is 0 Å². The van der Waals surface area contributed by atoms with E-state index in [0.29, 0.717) is 40.2 Å². The highest BCUT2D eigenvalue weighted by molar-refractivity contribution is 6.31. The van der Waals surface area contributed by atoms with Crippen LogP contribution < -0.4 is 4.74 Å². The first-order chi connectivity index (χ1) is 16.5. The van der Waals surface area contributed by atoms with Crippen molar-refractivity contribution >= 4 is 23.5 Å². The number of benzene rings is 2. The van der Waals surface area contributed by atoms with Crippen molar-refractivity contribution in [2.45, 2.75) is 26.4 Å². The van der Waals surface area contributed by atoms with E-state index < -0.39 is 11.9 Å². The number of allylic oxidation sites excluding steroid dienone is 2. The lowest BCUT2D eigenvalue weighted by atomic mass is 9.83. The molecule has 0 spiro atoms. The SMILES string of the molecule is CCOC(=O)C1=C(C)OC(n2cccc2)=C(C#N)[C@@H]1c1ccc(OCc2ccccc2Cl)cc1. The van der Waals surface area contributed by atoms with Crippen molar-refractivity contribution in [3.8, 4) is 11.8 Å². The van der Waals surface area contributed by atoms with Gasteiger partial charge in [-0.25, -0.2) is 4.79 Å². The van der Waals surface area contributed by atoms with E-state index in [0.717, 1.165) is 11.1 Å². The lowest BCUT2D eigenvalue weighted by Crippen LogP contribution is -2.24. The molecule has 0 unspecified atom stereocenters. The number of nitriles is 1. The van der Waals surface area contributed by atoms with Crippen molar-refractivity contribution in [3.05, 3.63) is 106 Å². The summed E-state index contributed by atoms with van der Waals surface area (Å²) in [6.07, 6.45) is 3.58. The van der Waals surface area contributed by atoms with Crippen molar-refractivity contribution in [3.63, 3.8) is 0 Å². The molecule has 4 rings (SSSR count). The average molecular weight is 475 g/mol. The summed E-state index contributed by atoms with van der Waals surface area (Å²) in [5.41, 5.74) is 2.25. The summed E-state index contributed by atoms with van der Waals surface area (Å²) < 4.78 is 18.9. The molecule has 34 heavy (non-hydrogen) atoms. The summed E-state index contributed by atoms with van der Waals surface area (Å²) in [7, 11) is 0. The number of ether oxygens (including phenoxy) is 3. The lowest BCUT2D eigenvalue weighted by Gasteiger charge is -2.28. The van der Waals surface area contributed by atoms with Crippen molar-refractivity contribution in [2.24, 2.45) is 0 Å². The van der Waals surface area contributed by atoms with Gasteiger partial charge in [0.1, 0.15) is 29.8 Å². The number of esters is 1. The number of nitrogens with zero attached hydrogens (tertiary/aromatic N) is 2. The van der Waals surface area contributed by atoms with Crippen molar-refractivity contribution in [1.29, 1.82) is 5.26 Å². The molecule has 0 N–H and O–H groups in total. The first-order valence-electron chi connectivity index (χ1n) is 10.8. The highest BCUT2D eigenvalue weighted by Crippen LogP contribution is 2.42. The molecule has 2 heterocycles. The summed E-state index contributed by atoms with van der Waals surface area (Å²) in [4.78, 5) is 12.9. The number of rotatable bonds is 7. The predicted octanol–water partition coefficient (Wildman–Crippen LogP) is 6.06. The predicted molar refractivity (Wildman–Crippen MR) is 129 cm³/mol. The molecule has 0 aliphatic carbocycles. The molecule has 2 aromatic carbocycles. The van der Waals surface area contributed by atoms with Gasteiger partial charge in [-0.1, -0.05) is 41.9 Å². The highest BCUT2D eigenvalue weighted by Gasteiger charge is 2.37. The molecule has 0 saturated heterocycles. The molecule has 0 saturated carbocycles. The first kappa shape index (κ1) is 23.2. The minimum absolute atomic E-state index is 0.215. The van der Waals surface area contributed by atoms with Crippen LogP contribution in [0.4, 0.5) is 0 Å². The molecule has 1 aliphatic rings. The molecule has 6 nitrogen and oxygen atoms in total. The molecule has 7 heteroatoms. The van der Waals surface area contributed by atoms with Gasteiger partial charge < -0.3 is 14.2 Å². The van der Waals surface area contributed by atoms with Crippen LogP contribution in [0.2, 0.25) is 5.02 Å². The first-order valence-corrected chi connectivity index (χ1v) is 11.2. The average Bonchev–Trinajstić information content (AvgIpc) is 3.38. The topological polar surface area (TPSA) is 73.5 Å². The van der Waals surface area contributed by atoms with Crippen LogP contribution in [0.25, 0.3) is 5.88 Å². The normalized spacial score (nSPS) is 15.5. The van der Waals surface area contributed by atoms with Crippen molar-refractivity contribution < 1.29 is 19.0 Å². The van der Waals surface area contributed by atoms with E-state index in [9.17, 15) is 10.1 Å². The van der Waals surface area contributed by atoms with Crippen LogP contribution in [0, 0.1) is 11.3 Å². The second-order valence-corrected chi connectivity index (χ2v) is 8.00. The smallest absolute Gasteiger partial charge is 0.338 e. The molecule has 172 valence electrons. The van der Waals surface area contributed by atoms with Gasteiger partial charge in [0.15, 0.2) is 0 Å². The third-order valence-electron chi connectivity index (χ3n) is 5.46. The van der Waals surface area contributed by atoms with Crippen LogP contribution in [0.15, 0.2) is 90.0 Å². The van der Waals surface area contributed by atoms with Crippen LogP contribution in [-0.4, -0.2) is 17.1 Å². The Morgan fingerprint density at radius 1 is 1.12 bits per heavy atom. The molecule has 0 amide bonds. The number of hydrogen-bond acceptors (Lipinski definition) is 5. The summed E-state index contributed by atoms with van der Waals surface area (Å²) in [5.74, 6) is 0.241. The van der Waals surface area contributed by atoms with Crippen LogP contribution in [0.5, 0.6) is 5.75 Å². The summed E-state index contributed by atoms with van der Waals surface area (Å²) in [6, 6.07) is 20.7. The minimum atomic E-state index is -0.646. The Bertz CT molecular complexity index is 1280. The zero-order chi connectivity index (χ0) is 24.1. The van der Waals surface area contributed by atoms with Crippen molar-refractivity contribution in [1.82, 2.24) is 4.57 Å². The number of carbonyl (C=O) groups is 1. The number of hydrogen-bond donors (Lipinski definition) is 0. The van der Waals surface area contributed by atoms with E-state index in [1.54, 1.807) is 30.8 Å². The largest absolute Gasteiger partial charge is 0.489 e. The summed E-state index contributed by atoms with van der Waals surface area (Å²) >= 11 is 6.21. The second-order valence-electron chi connectivity index (χ2n) is 7.60. The lowest BCUT2D eigenvalue weighted by molar-refractivity contribution is -0.139. The Balaban J connectivity index is 1.69. The van der Waals surface area contributed by atoms with E-state index in [1.807, 2.05) is 60.7 Å². The highest BCUT2D eigenvalue weighted by atomic mass is 35.5. The van der Waals surface area contributed by atoms with Gasteiger partial charge >= 0.3 is 5.97 Å². The van der Waals surface area contributed by atoms with E-state index >= 15 is 0 Å².